The molecule has 1 aliphatic rings. The fraction of sp³-hybridized carbons (Fsp3) is 0.190. The van der Waals surface area contributed by atoms with E-state index in [9.17, 15) is 18.4 Å². The summed E-state index contributed by atoms with van der Waals surface area (Å²) in [5, 5.41) is 2.58. The van der Waals surface area contributed by atoms with E-state index in [4.69, 9.17) is 11.6 Å². The summed E-state index contributed by atoms with van der Waals surface area (Å²) in [5.41, 5.74) is 0.546. The topological polar surface area (TPSA) is 58.4 Å². The Morgan fingerprint density at radius 1 is 1.10 bits per heavy atom. The van der Waals surface area contributed by atoms with Gasteiger partial charge in [0.1, 0.15) is 11.6 Å². The molecule has 0 bridgehead atoms. The Morgan fingerprint density at radius 3 is 2.50 bits per heavy atom. The molecule has 6 nitrogen and oxygen atoms in total. The van der Waals surface area contributed by atoms with Crippen LogP contribution >= 0.6 is 11.6 Å². The largest absolute Gasteiger partial charge is 0.366 e. The number of hydrogen-bond acceptors (Lipinski definition) is 4. The fourth-order valence-electron chi connectivity index (χ4n) is 3.58. The summed E-state index contributed by atoms with van der Waals surface area (Å²) < 4.78 is 28.9. The highest BCUT2D eigenvalue weighted by atomic mass is 35.5. The smallest absolute Gasteiger partial charge is 0.335 e. The quantitative estimate of drug-likeness (QED) is 0.599. The maximum absolute atomic E-state index is 14.3. The van der Waals surface area contributed by atoms with Crippen LogP contribution in [0.25, 0.3) is 22.0 Å². The monoisotopic (exact) mass is 430 g/mol. The highest BCUT2D eigenvalue weighted by molar-refractivity contribution is 6.34. The molecule has 1 saturated heterocycles. The Labute approximate surface area is 175 Å². The van der Waals surface area contributed by atoms with E-state index < -0.39 is 17.3 Å². The van der Waals surface area contributed by atoms with Gasteiger partial charge in [-0.3, -0.25) is 4.79 Å². The number of rotatable bonds is 3. The zero-order chi connectivity index (χ0) is 21.4. The van der Waals surface area contributed by atoms with Gasteiger partial charge in [-0.05, 0) is 30.3 Å². The lowest BCUT2D eigenvalue weighted by molar-refractivity contribution is -0.126. The minimum atomic E-state index is -0.736. The number of halogens is 3. The standard InChI is InChI=1S/C21H17ClF2N4O2/c1-2-20(29)26-5-7-27(8-6-26)28-19-11-17(22)16(9-13(19)12-25-21(28)30)15-4-3-14(23)10-18(15)24/h2-4,9-12H,1,5-8H2. The molecule has 0 spiro atoms. The van der Waals surface area contributed by atoms with Gasteiger partial charge in [0.15, 0.2) is 0 Å². The van der Waals surface area contributed by atoms with Gasteiger partial charge in [-0.2, -0.15) is 4.98 Å². The van der Waals surface area contributed by atoms with Crippen molar-refractivity contribution in [3.63, 3.8) is 0 Å². The van der Waals surface area contributed by atoms with E-state index >= 15 is 0 Å². The summed E-state index contributed by atoms with van der Waals surface area (Å²) in [5.74, 6) is -1.58. The van der Waals surface area contributed by atoms with Gasteiger partial charge < -0.3 is 9.91 Å². The molecule has 1 aromatic heterocycles. The predicted molar refractivity (Wildman–Crippen MR) is 111 cm³/mol. The molecule has 4 rings (SSSR count). The van der Waals surface area contributed by atoms with Crippen LogP contribution in [0, 0.1) is 11.6 Å². The van der Waals surface area contributed by atoms with E-state index in [1.165, 1.54) is 23.0 Å². The van der Waals surface area contributed by atoms with Crippen molar-refractivity contribution < 1.29 is 13.6 Å². The molecule has 1 fully saturated rings. The molecule has 30 heavy (non-hydrogen) atoms. The van der Waals surface area contributed by atoms with Gasteiger partial charge in [0.05, 0.1) is 23.6 Å². The molecular formula is C21H17ClF2N4O2. The van der Waals surface area contributed by atoms with Crippen LogP contribution in [-0.2, 0) is 4.79 Å². The Balaban J connectivity index is 1.76. The third-order valence-electron chi connectivity index (χ3n) is 5.09. The summed E-state index contributed by atoms with van der Waals surface area (Å²) >= 11 is 6.42. The third-order valence-corrected chi connectivity index (χ3v) is 5.40. The average Bonchev–Trinajstić information content (AvgIpc) is 2.73. The number of nitrogens with zero attached hydrogens (tertiary/aromatic N) is 4. The number of benzene rings is 2. The maximum atomic E-state index is 14.3. The summed E-state index contributed by atoms with van der Waals surface area (Å²) in [6.07, 6.45) is 2.66. The fourth-order valence-corrected chi connectivity index (χ4v) is 3.84. The van der Waals surface area contributed by atoms with E-state index in [0.717, 1.165) is 12.1 Å². The number of carbonyl (C=O) groups is 1. The lowest BCUT2D eigenvalue weighted by Gasteiger charge is -2.36. The van der Waals surface area contributed by atoms with Crippen molar-refractivity contribution in [2.45, 2.75) is 0 Å². The van der Waals surface area contributed by atoms with Crippen molar-refractivity contribution in [2.24, 2.45) is 0 Å². The first-order valence-electron chi connectivity index (χ1n) is 9.22. The minimum absolute atomic E-state index is 0.151. The second kappa shape index (κ2) is 7.87. The molecule has 154 valence electrons. The van der Waals surface area contributed by atoms with E-state index in [1.807, 2.05) is 0 Å². The molecule has 3 aromatic rings. The van der Waals surface area contributed by atoms with Crippen molar-refractivity contribution >= 4 is 28.4 Å². The van der Waals surface area contributed by atoms with Crippen molar-refractivity contribution in [1.29, 1.82) is 0 Å². The molecule has 0 saturated carbocycles. The molecule has 0 unspecified atom stereocenters. The van der Waals surface area contributed by atoms with Gasteiger partial charge in [0, 0.05) is 41.9 Å². The zero-order valence-corrected chi connectivity index (χ0v) is 16.6. The molecule has 2 heterocycles. The van der Waals surface area contributed by atoms with Gasteiger partial charge in [0.2, 0.25) is 5.91 Å². The van der Waals surface area contributed by atoms with Gasteiger partial charge in [-0.25, -0.2) is 18.3 Å². The molecule has 0 atom stereocenters. The van der Waals surface area contributed by atoms with Crippen molar-refractivity contribution in [2.75, 3.05) is 31.2 Å². The Hall–Kier alpha value is -3.26. The molecule has 2 aromatic carbocycles. The van der Waals surface area contributed by atoms with Crippen LogP contribution in [0.5, 0.6) is 0 Å². The van der Waals surface area contributed by atoms with Crippen LogP contribution < -0.4 is 10.7 Å². The van der Waals surface area contributed by atoms with Crippen LogP contribution in [0.4, 0.5) is 8.78 Å². The molecule has 0 radical (unpaired) electrons. The molecular weight excluding hydrogens is 414 g/mol. The van der Waals surface area contributed by atoms with Crippen LogP contribution in [0.2, 0.25) is 5.02 Å². The van der Waals surface area contributed by atoms with Crippen molar-refractivity contribution in [1.82, 2.24) is 14.6 Å². The number of hydrogen-bond donors (Lipinski definition) is 0. The van der Waals surface area contributed by atoms with Crippen molar-refractivity contribution in [3.8, 4) is 11.1 Å². The molecule has 1 amide bonds. The van der Waals surface area contributed by atoms with Gasteiger partial charge in [0.25, 0.3) is 0 Å². The van der Waals surface area contributed by atoms with Crippen molar-refractivity contribution in [3.05, 3.63) is 76.3 Å². The van der Waals surface area contributed by atoms with Crippen LogP contribution in [0.3, 0.4) is 0 Å². The van der Waals surface area contributed by atoms with Gasteiger partial charge in [-0.1, -0.05) is 18.2 Å². The van der Waals surface area contributed by atoms with Crippen LogP contribution in [0.1, 0.15) is 0 Å². The zero-order valence-electron chi connectivity index (χ0n) is 15.8. The first-order valence-corrected chi connectivity index (χ1v) is 9.60. The average molecular weight is 431 g/mol. The summed E-state index contributed by atoms with van der Waals surface area (Å²) in [6, 6.07) is 6.45. The van der Waals surface area contributed by atoms with E-state index in [-0.39, 0.29) is 16.5 Å². The predicted octanol–water partition coefficient (Wildman–Crippen LogP) is 2.96. The Kier molecular flexibility index (Phi) is 5.26. The van der Waals surface area contributed by atoms with Crippen LogP contribution in [0.15, 0.2) is 54.0 Å². The normalized spacial score (nSPS) is 14.2. The Bertz CT molecular complexity index is 1220. The summed E-state index contributed by atoms with van der Waals surface area (Å²) in [6.45, 7) is 5.20. The van der Waals surface area contributed by atoms with E-state index in [2.05, 4.69) is 11.6 Å². The summed E-state index contributed by atoms with van der Waals surface area (Å²) in [7, 11) is 0. The van der Waals surface area contributed by atoms with E-state index in [1.54, 1.807) is 22.0 Å². The first-order chi connectivity index (χ1) is 14.4. The lowest BCUT2D eigenvalue weighted by atomic mass is 10.0. The number of carbonyl (C=O) groups excluding carboxylic acids is 1. The third kappa shape index (κ3) is 3.54. The molecule has 9 heteroatoms. The highest BCUT2D eigenvalue weighted by Gasteiger charge is 2.22. The number of fused-ring (bicyclic) bond motifs is 1. The van der Waals surface area contributed by atoms with E-state index in [0.29, 0.717) is 42.6 Å². The second-order valence-corrected chi connectivity index (χ2v) is 7.26. The Morgan fingerprint density at radius 2 is 1.83 bits per heavy atom. The number of piperazine rings is 1. The van der Waals surface area contributed by atoms with Gasteiger partial charge >= 0.3 is 5.69 Å². The highest BCUT2D eigenvalue weighted by Crippen LogP contribution is 2.33. The lowest BCUT2D eigenvalue weighted by Crippen LogP contribution is -2.55. The first kappa shape index (κ1) is 20.0. The van der Waals surface area contributed by atoms with Crippen LogP contribution in [-0.4, -0.2) is 46.6 Å². The second-order valence-electron chi connectivity index (χ2n) is 6.85. The van der Waals surface area contributed by atoms with Gasteiger partial charge in [-0.15, -0.1) is 0 Å². The number of aromatic nitrogens is 2. The number of amides is 1. The minimum Gasteiger partial charge on any atom is -0.335 e. The molecule has 1 aliphatic heterocycles. The maximum Gasteiger partial charge on any atom is 0.366 e. The summed E-state index contributed by atoms with van der Waals surface area (Å²) in [4.78, 5) is 29.9. The molecule has 0 N–H and O–H groups in total. The SMILES string of the molecule is C=CC(=O)N1CCN(n2c(=O)ncc3cc(-c4ccc(F)cc4F)c(Cl)cc32)CC1. The molecule has 0 aliphatic carbocycles.